The standard InChI is InChI=1S/C13H25N3/c14-16-9-12-7-15(8-13(12)10-16)6-11-4-2-1-3-5-11/h11-13H,1-10,14H2/t12-,13+. The lowest BCUT2D eigenvalue weighted by Gasteiger charge is -2.27. The molecule has 0 unspecified atom stereocenters. The molecule has 3 fully saturated rings. The molecular weight excluding hydrogens is 198 g/mol. The van der Waals surface area contributed by atoms with Crippen molar-refractivity contribution in [2.75, 3.05) is 32.7 Å². The van der Waals surface area contributed by atoms with Gasteiger partial charge in [-0.05, 0) is 30.6 Å². The second-order valence-corrected chi connectivity index (χ2v) is 6.20. The summed E-state index contributed by atoms with van der Waals surface area (Å²) in [4.78, 5) is 2.72. The van der Waals surface area contributed by atoms with Crippen LogP contribution < -0.4 is 5.84 Å². The Labute approximate surface area is 98.9 Å². The summed E-state index contributed by atoms with van der Waals surface area (Å²) in [6.45, 7) is 6.26. The van der Waals surface area contributed by atoms with E-state index in [0.717, 1.165) is 30.8 Å². The molecule has 0 aromatic rings. The first-order valence-corrected chi connectivity index (χ1v) is 7.03. The van der Waals surface area contributed by atoms with Crippen LogP contribution in [0.25, 0.3) is 0 Å². The van der Waals surface area contributed by atoms with Crippen molar-refractivity contribution >= 4 is 0 Å². The first-order valence-electron chi connectivity index (χ1n) is 7.03. The summed E-state index contributed by atoms with van der Waals surface area (Å²) in [5.74, 6) is 8.61. The first kappa shape index (κ1) is 11.0. The highest BCUT2D eigenvalue weighted by Crippen LogP contribution is 2.32. The van der Waals surface area contributed by atoms with Crippen molar-refractivity contribution in [3.63, 3.8) is 0 Å². The van der Waals surface area contributed by atoms with Crippen LogP contribution in [0.15, 0.2) is 0 Å². The molecule has 0 aromatic heterocycles. The third kappa shape index (κ3) is 2.27. The van der Waals surface area contributed by atoms with Crippen molar-refractivity contribution in [1.29, 1.82) is 0 Å². The van der Waals surface area contributed by atoms with Crippen LogP contribution in [0.4, 0.5) is 0 Å². The molecule has 3 aliphatic rings. The monoisotopic (exact) mass is 223 g/mol. The number of nitrogens with two attached hydrogens (primary N) is 1. The fraction of sp³-hybridized carbons (Fsp3) is 1.00. The molecule has 0 spiro atoms. The van der Waals surface area contributed by atoms with Gasteiger partial charge in [0.05, 0.1) is 0 Å². The zero-order chi connectivity index (χ0) is 11.0. The Hall–Kier alpha value is -0.120. The van der Waals surface area contributed by atoms with Gasteiger partial charge in [0.2, 0.25) is 0 Å². The second kappa shape index (κ2) is 4.63. The minimum atomic E-state index is 0.869. The molecule has 0 amide bonds. The lowest BCUT2D eigenvalue weighted by Crippen LogP contribution is -2.35. The lowest BCUT2D eigenvalue weighted by molar-refractivity contribution is 0.206. The van der Waals surface area contributed by atoms with Crippen LogP contribution in [0.2, 0.25) is 0 Å². The Kier molecular flexibility index (Phi) is 3.18. The summed E-state index contributed by atoms with van der Waals surface area (Å²) in [6, 6.07) is 0. The van der Waals surface area contributed by atoms with E-state index in [9.17, 15) is 0 Å². The molecule has 2 aliphatic heterocycles. The molecule has 92 valence electrons. The highest BCUT2D eigenvalue weighted by Gasteiger charge is 2.39. The molecule has 3 heteroatoms. The molecule has 3 rings (SSSR count). The highest BCUT2D eigenvalue weighted by molar-refractivity contribution is 4.92. The van der Waals surface area contributed by atoms with E-state index in [-0.39, 0.29) is 0 Å². The number of nitrogens with zero attached hydrogens (tertiary/aromatic N) is 2. The van der Waals surface area contributed by atoms with E-state index >= 15 is 0 Å². The number of rotatable bonds is 2. The van der Waals surface area contributed by atoms with E-state index in [1.54, 1.807) is 0 Å². The average Bonchev–Trinajstić information content (AvgIpc) is 2.76. The normalized spacial score (nSPS) is 38.1. The van der Waals surface area contributed by atoms with Crippen LogP contribution in [0, 0.1) is 17.8 Å². The maximum Gasteiger partial charge on any atom is 0.0172 e. The first-order chi connectivity index (χ1) is 7.81. The van der Waals surface area contributed by atoms with E-state index in [4.69, 9.17) is 5.84 Å². The van der Waals surface area contributed by atoms with Crippen LogP contribution in [0.1, 0.15) is 32.1 Å². The summed E-state index contributed by atoms with van der Waals surface area (Å²) in [7, 11) is 0. The van der Waals surface area contributed by atoms with Gasteiger partial charge in [-0.3, -0.25) is 5.84 Å². The number of hydrogen-bond acceptors (Lipinski definition) is 3. The van der Waals surface area contributed by atoms with Crippen molar-refractivity contribution in [2.45, 2.75) is 32.1 Å². The van der Waals surface area contributed by atoms with Gasteiger partial charge in [-0.15, -0.1) is 0 Å². The Morgan fingerprint density at radius 2 is 1.50 bits per heavy atom. The minimum absolute atomic E-state index is 0.869. The predicted molar refractivity (Wildman–Crippen MR) is 65.8 cm³/mol. The smallest absolute Gasteiger partial charge is 0.0172 e. The Balaban J connectivity index is 1.47. The summed E-state index contributed by atoms with van der Waals surface area (Å²) in [5.41, 5.74) is 0. The van der Waals surface area contributed by atoms with Crippen LogP contribution >= 0.6 is 0 Å². The zero-order valence-corrected chi connectivity index (χ0v) is 10.3. The van der Waals surface area contributed by atoms with Gasteiger partial charge in [0, 0.05) is 32.7 Å². The van der Waals surface area contributed by atoms with Gasteiger partial charge in [0.25, 0.3) is 0 Å². The molecule has 0 aromatic carbocycles. The van der Waals surface area contributed by atoms with Crippen molar-refractivity contribution < 1.29 is 0 Å². The molecule has 2 atom stereocenters. The fourth-order valence-electron chi connectivity index (χ4n) is 4.01. The second-order valence-electron chi connectivity index (χ2n) is 6.20. The van der Waals surface area contributed by atoms with Crippen LogP contribution in [-0.4, -0.2) is 42.6 Å². The average molecular weight is 223 g/mol. The summed E-state index contributed by atoms with van der Waals surface area (Å²) in [6.07, 6.45) is 7.39. The lowest BCUT2D eigenvalue weighted by atomic mass is 9.89. The minimum Gasteiger partial charge on any atom is -0.302 e. The third-order valence-corrected chi connectivity index (χ3v) is 4.83. The Bertz CT molecular complexity index is 223. The SMILES string of the molecule is NN1C[C@@H]2CN(CC3CCCCC3)C[C@@H]2C1. The van der Waals surface area contributed by atoms with Gasteiger partial charge < -0.3 is 4.90 Å². The van der Waals surface area contributed by atoms with Gasteiger partial charge in [-0.1, -0.05) is 19.3 Å². The summed E-state index contributed by atoms with van der Waals surface area (Å²) < 4.78 is 0. The molecule has 2 N–H and O–H groups in total. The van der Waals surface area contributed by atoms with E-state index in [2.05, 4.69) is 4.90 Å². The molecular formula is C13H25N3. The molecule has 3 nitrogen and oxygen atoms in total. The fourth-order valence-corrected chi connectivity index (χ4v) is 4.01. The predicted octanol–water partition coefficient (Wildman–Crippen LogP) is 1.30. The maximum absolute atomic E-state index is 5.87. The molecule has 0 bridgehead atoms. The number of hydrazine groups is 1. The van der Waals surface area contributed by atoms with Crippen molar-refractivity contribution in [3.8, 4) is 0 Å². The molecule has 1 aliphatic carbocycles. The Morgan fingerprint density at radius 1 is 0.875 bits per heavy atom. The van der Waals surface area contributed by atoms with Crippen molar-refractivity contribution in [1.82, 2.24) is 9.91 Å². The topological polar surface area (TPSA) is 32.5 Å². The molecule has 1 saturated carbocycles. The zero-order valence-electron chi connectivity index (χ0n) is 10.3. The van der Waals surface area contributed by atoms with Gasteiger partial charge >= 0.3 is 0 Å². The van der Waals surface area contributed by atoms with Gasteiger partial charge in [-0.25, -0.2) is 5.01 Å². The van der Waals surface area contributed by atoms with Crippen molar-refractivity contribution in [3.05, 3.63) is 0 Å². The molecule has 16 heavy (non-hydrogen) atoms. The number of hydrogen-bond donors (Lipinski definition) is 1. The highest BCUT2D eigenvalue weighted by atomic mass is 15.4. The summed E-state index contributed by atoms with van der Waals surface area (Å²) >= 11 is 0. The Morgan fingerprint density at radius 3 is 2.12 bits per heavy atom. The summed E-state index contributed by atoms with van der Waals surface area (Å²) in [5, 5.41) is 2.02. The van der Waals surface area contributed by atoms with E-state index in [0.29, 0.717) is 0 Å². The van der Waals surface area contributed by atoms with Crippen molar-refractivity contribution in [2.24, 2.45) is 23.6 Å². The van der Waals surface area contributed by atoms with Gasteiger partial charge in [0.1, 0.15) is 0 Å². The number of fused-ring (bicyclic) bond motifs is 1. The maximum atomic E-state index is 5.87. The van der Waals surface area contributed by atoms with Crippen LogP contribution in [0.3, 0.4) is 0 Å². The van der Waals surface area contributed by atoms with E-state index in [1.807, 2.05) is 5.01 Å². The van der Waals surface area contributed by atoms with Crippen LogP contribution in [0.5, 0.6) is 0 Å². The van der Waals surface area contributed by atoms with Crippen LogP contribution in [-0.2, 0) is 0 Å². The van der Waals surface area contributed by atoms with Gasteiger partial charge in [0.15, 0.2) is 0 Å². The molecule has 2 saturated heterocycles. The third-order valence-electron chi connectivity index (χ3n) is 4.83. The van der Waals surface area contributed by atoms with Gasteiger partial charge in [-0.2, -0.15) is 0 Å². The van der Waals surface area contributed by atoms with E-state index in [1.165, 1.54) is 51.7 Å². The largest absolute Gasteiger partial charge is 0.302 e. The molecule has 2 heterocycles. The van der Waals surface area contributed by atoms with E-state index < -0.39 is 0 Å². The quantitative estimate of drug-likeness (QED) is 0.716. The number of likely N-dealkylation sites (tertiary alicyclic amines) is 1. The molecule has 0 radical (unpaired) electrons.